The van der Waals surface area contributed by atoms with Crippen LogP contribution in [0.3, 0.4) is 0 Å². The zero-order valence-electron chi connectivity index (χ0n) is 12.6. The third-order valence-electron chi connectivity index (χ3n) is 3.81. The molecule has 2 heterocycles. The molecule has 2 aromatic carbocycles. The molecule has 5 heteroatoms. The molecule has 0 radical (unpaired) electrons. The molecule has 0 saturated carbocycles. The van der Waals surface area contributed by atoms with Gasteiger partial charge >= 0.3 is 0 Å². The van der Waals surface area contributed by atoms with Crippen LogP contribution < -0.4 is 0 Å². The van der Waals surface area contributed by atoms with E-state index >= 15 is 0 Å². The molecule has 2 aromatic heterocycles. The Hall–Kier alpha value is -2.50. The number of sulfone groups is 1. The molecule has 0 aliphatic heterocycles. The minimum absolute atomic E-state index is 0.294. The highest BCUT2D eigenvalue weighted by Gasteiger charge is 2.22. The van der Waals surface area contributed by atoms with Gasteiger partial charge in [-0.05, 0) is 29.6 Å². The van der Waals surface area contributed by atoms with Gasteiger partial charge in [-0.25, -0.2) is 13.4 Å². The molecular weight excluding hydrogens is 338 g/mol. The molecule has 4 aromatic rings. The third kappa shape index (κ3) is 2.52. The first-order valence-electron chi connectivity index (χ1n) is 7.40. The monoisotopic (exact) mass is 351 g/mol. The Labute approximate surface area is 144 Å². The van der Waals surface area contributed by atoms with E-state index in [9.17, 15) is 8.42 Å². The molecule has 0 aliphatic rings. The summed E-state index contributed by atoms with van der Waals surface area (Å²) in [6.45, 7) is 0. The molecule has 0 bridgehead atoms. The lowest BCUT2D eigenvalue weighted by Gasteiger charge is -2.09. The van der Waals surface area contributed by atoms with E-state index in [1.807, 2.05) is 41.8 Å². The molecule has 0 fully saturated rings. The van der Waals surface area contributed by atoms with Gasteiger partial charge in [-0.1, -0.05) is 48.5 Å². The number of benzene rings is 2. The average Bonchev–Trinajstić information content (AvgIpc) is 3.11. The average molecular weight is 351 g/mol. The quantitative estimate of drug-likeness (QED) is 0.533. The van der Waals surface area contributed by atoms with Crippen LogP contribution in [0, 0.1) is 0 Å². The minimum Gasteiger partial charge on any atom is -0.237 e. The molecule has 24 heavy (non-hydrogen) atoms. The summed E-state index contributed by atoms with van der Waals surface area (Å²) >= 11 is 1.45. The van der Waals surface area contributed by atoms with Gasteiger partial charge < -0.3 is 0 Å². The molecule has 118 valence electrons. The number of nitrogens with zero attached hydrogens (tertiary/aromatic N) is 1. The van der Waals surface area contributed by atoms with Crippen LogP contribution in [0.15, 0.2) is 88.0 Å². The number of thiophene rings is 1. The van der Waals surface area contributed by atoms with Gasteiger partial charge in [-0.3, -0.25) is 0 Å². The van der Waals surface area contributed by atoms with Gasteiger partial charge in [0, 0.05) is 10.9 Å². The summed E-state index contributed by atoms with van der Waals surface area (Å²) in [5.41, 5.74) is 1.57. The molecule has 0 aliphatic carbocycles. The first kappa shape index (κ1) is 15.1. The predicted octanol–water partition coefficient (Wildman–Crippen LogP) is 4.80. The third-order valence-corrected chi connectivity index (χ3v) is 6.43. The van der Waals surface area contributed by atoms with E-state index < -0.39 is 9.84 Å². The van der Waals surface area contributed by atoms with Crippen LogP contribution in [-0.4, -0.2) is 13.4 Å². The highest BCUT2D eigenvalue weighted by molar-refractivity contribution is 7.91. The van der Waals surface area contributed by atoms with E-state index in [1.54, 1.807) is 36.4 Å². The Balaban J connectivity index is 2.00. The molecule has 0 saturated heterocycles. The second kappa shape index (κ2) is 5.85. The lowest BCUT2D eigenvalue weighted by molar-refractivity contribution is 0.597. The zero-order chi connectivity index (χ0) is 16.6. The van der Waals surface area contributed by atoms with Gasteiger partial charge in [0.15, 0.2) is 0 Å². The van der Waals surface area contributed by atoms with E-state index in [0.29, 0.717) is 20.9 Å². The van der Waals surface area contributed by atoms with Crippen molar-refractivity contribution < 1.29 is 8.42 Å². The fourth-order valence-electron chi connectivity index (χ4n) is 2.62. The molecule has 0 unspecified atom stereocenters. The fraction of sp³-hybridized carbons (Fsp3) is 0. The minimum atomic E-state index is -3.60. The summed E-state index contributed by atoms with van der Waals surface area (Å²) < 4.78 is 26.2. The van der Waals surface area contributed by atoms with E-state index in [4.69, 9.17) is 0 Å². The summed E-state index contributed by atoms with van der Waals surface area (Å²) in [7, 11) is -3.60. The van der Waals surface area contributed by atoms with Crippen LogP contribution in [0.5, 0.6) is 0 Å². The SMILES string of the molecule is O=S(=O)(c1ccccc1)c1cc(-c2ccccc2)nc2sccc12. The maximum absolute atomic E-state index is 13.1. The van der Waals surface area contributed by atoms with Crippen molar-refractivity contribution in [2.45, 2.75) is 9.79 Å². The van der Waals surface area contributed by atoms with Crippen LogP contribution in [0.1, 0.15) is 0 Å². The maximum atomic E-state index is 13.1. The van der Waals surface area contributed by atoms with E-state index in [0.717, 1.165) is 10.4 Å². The Kier molecular flexibility index (Phi) is 3.67. The van der Waals surface area contributed by atoms with Crippen molar-refractivity contribution in [3.05, 3.63) is 78.2 Å². The Morgan fingerprint density at radius 2 is 1.50 bits per heavy atom. The zero-order valence-corrected chi connectivity index (χ0v) is 14.2. The van der Waals surface area contributed by atoms with Crippen LogP contribution in [0.4, 0.5) is 0 Å². The number of rotatable bonds is 3. The Morgan fingerprint density at radius 1 is 0.833 bits per heavy atom. The molecule has 0 atom stereocenters. The van der Waals surface area contributed by atoms with Crippen molar-refractivity contribution in [3.63, 3.8) is 0 Å². The van der Waals surface area contributed by atoms with Crippen LogP contribution >= 0.6 is 11.3 Å². The van der Waals surface area contributed by atoms with Crippen molar-refractivity contribution in [3.8, 4) is 11.3 Å². The summed E-state index contributed by atoms with van der Waals surface area (Å²) in [5.74, 6) is 0. The summed E-state index contributed by atoms with van der Waals surface area (Å²) in [5, 5.41) is 2.54. The number of fused-ring (bicyclic) bond motifs is 1. The Morgan fingerprint density at radius 3 is 2.21 bits per heavy atom. The second-order valence-electron chi connectivity index (χ2n) is 5.33. The fourth-order valence-corrected chi connectivity index (χ4v) is 4.97. The number of aromatic nitrogens is 1. The number of hydrogen-bond acceptors (Lipinski definition) is 4. The van der Waals surface area contributed by atoms with Crippen molar-refractivity contribution in [1.82, 2.24) is 4.98 Å². The highest BCUT2D eigenvalue weighted by atomic mass is 32.2. The van der Waals surface area contributed by atoms with Crippen molar-refractivity contribution >= 4 is 31.4 Å². The van der Waals surface area contributed by atoms with E-state index in [1.165, 1.54) is 11.3 Å². The van der Waals surface area contributed by atoms with Gasteiger partial charge in [0.2, 0.25) is 9.84 Å². The van der Waals surface area contributed by atoms with Gasteiger partial charge in [0.1, 0.15) is 4.83 Å². The summed E-state index contributed by atoms with van der Waals surface area (Å²) in [6, 6.07) is 21.6. The van der Waals surface area contributed by atoms with Crippen molar-refractivity contribution in [1.29, 1.82) is 0 Å². The molecule has 0 N–H and O–H groups in total. The summed E-state index contributed by atoms with van der Waals surface area (Å²) in [6.07, 6.45) is 0. The highest BCUT2D eigenvalue weighted by Crippen LogP contribution is 2.33. The molecule has 0 amide bonds. The van der Waals surface area contributed by atoms with Crippen LogP contribution in [-0.2, 0) is 9.84 Å². The Bertz CT molecular complexity index is 1100. The largest absolute Gasteiger partial charge is 0.237 e. The first-order valence-corrected chi connectivity index (χ1v) is 9.76. The van der Waals surface area contributed by atoms with Crippen molar-refractivity contribution in [2.75, 3.05) is 0 Å². The topological polar surface area (TPSA) is 47.0 Å². The first-order chi connectivity index (χ1) is 11.7. The summed E-state index contributed by atoms with van der Waals surface area (Å²) in [4.78, 5) is 5.95. The smallest absolute Gasteiger partial charge is 0.207 e. The van der Waals surface area contributed by atoms with E-state index in [2.05, 4.69) is 4.98 Å². The van der Waals surface area contributed by atoms with Gasteiger partial charge in [0.25, 0.3) is 0 Å². The molecular formula is C19H13NO2S2. The molecule has 3 nitrogen and oxygen atoms in total. The van der Waals surface area contributed by atoms with Crippen LogP contribution in [0.25, 0.3) is 21.5 Å². The van der Waals surface area contributed by atoms with Crippen LogP contribution in [0.2, 0.25) is 0 Å². The maximum Gasteiger partial charge on any atom is 0.207 e. The predicted molar refractivity (Wildman–Crippen MR) is 96.9 cm³/mol. The van der Waals surface area contributed by atoms with Gasteiger partial charge in [-0.2, -0.15) is 0 Å². The standard InChI is InChI=1S/C19H13NO2S2/c21-24(22,15-9-5-2-6-10-15)18-13-17(14-7-3-1-4-8-14)20-19-16(18)11-12-23-19/h1-13H. The number of pyridine rings is 1. The lowest BCUT2D eigenvalue weighted by Crippen LogP contribution is -2.03. The van der Waals surface area contributed by atoms with Gasteiger partial charge in [-0.15, -0.1) is 11.3 Å². The lowest BCUT2D eigenvalue weighted by atomic mass is 10.1. The normalized spacial score (nSPS) is 11.7. The molecule has 0 spiro atoms. The number of hydrogen-bond donors (Lipinski definition) is 0. The molecule has 4 rings (SSSR count). The van der Waals surface area contributed by atoms with Crippen molar-refractivity contribution in [2.24, 2.45) is 0 Å². The van der Waals surface area contributed by atoms with Gasteiger partial charge in [0.05, 0.1) is 15.5 Å². The van der Waals surface area contributed by atoms with E-state index in [-0.39, 0.29) is 0 Å². The second-order valence-corrected chi connectivity index (χ2v) is 8.14.